The van der Waals surface area contributed by atoms with Gasteiger partial charge in [-0.1, -0.05) is 19.1 Å². The molecule has 160 valence electrons. The molecule has 1 heterocycles. The third kappa shape index (κ3) is 6.12. The summed E-state index contributed by atoms with van der Waals surface area (Å²) in [6.45, 7) is 3.55. The van der Waals surface area contributed by atoms with Gasteiger partial charge in [0.05, 0.1) is 11.5 Å². The normalized spacial score (nSPS) is 11.0. The van der Waals surface area contributed by atoms with Gasteiger partial charge in [0, 0.05) is 43.2 Å². The summed E-state index contributed by atoms with van der Waals surface area (Å²) in [6.07, 6.45) is 5.86. The molecule has 0 radical (unpaired) electrons. The molecule has 0 atom stereocenters. The van der Waals surface area contributed by atoms with E-state index in [0.717, 1.165) is 17.7 Å². The number of rotatable bonds is 9. The number of nitro benzene ring substituents is 1. The summed E-state index contributed by atoms with van der Waals surface area (Å²) < 4.78 is 15.5. The summed E-state index contributed by atoms with van der Waals surface area (Å²) >= 11 is 0. The lowest BCUT2D eigenvalue weighted by Gasteiger charge is -2.22. The van der Waals surface area contributed by atoms with Gasteiger partial charge >= 0.3 is 0 Å². The van der Waals surface area contributed by atoms with E-state index in [1.165, 1.54) is 30.3 Å². The number of hydrogen-bond donors (Lipinski definition) is 0. The third-order valence-electron chi connectivity index (χ3n) is 4.85. The van der Waals surface area contributed by atoms with Gasteiger partial charge in [0.15, 0.2) is 0 Å². The van der Waals surface area contributed by atoms with Crippen molar-refractivity contribution in [3.8, 4) is 0 Å². The second-order valence-corrected chi connectivity index (χ2v) is 7.20. The number of hydrogen-bond acceptors (Lipinski definition) is 3. The maximum absolute atomic E-state index is 13.5. The number of nitrogens with zero attached hydrogens (tertiary/aromatic N) is 3. The molecule has 0 aliphatic rings. The zero-order valence-corrected chi connectivity index (χ0v) is 17.3. The van der Waals surface area contributed by atoms with Gasteiger partial charge in [-0.2, -0.15) is 0 Å². The molecule has 0 saturated heterocycles. The fraction of sp³-hybridized carbons (Fsp3) is 0.208. The first-order chi connectivity index (χ1) is 15.0. The number of halogens is 1. The van der Waals surface area contributed by atoms with Crippen LogP contribution in [-0.2, 0) is 17.9 Å². The molecular weight excluding hydrogens is 397 g/mol. The molecule has 0 fully saturated rings. The van der Waals surface area contributed by atoms with Crippen molar-refractivity contribution in [2.24, 2.45) is 0 Å². The first kappa shape index (κ1) is 22.0. The van der Waals surface area contributed by atoms with Gasteiger partial charge in [0.1, 0.15) is 5.82 Å². The maximum Gasteiger partial charge on any atom is 0.269 e. The fourth-order valence-electron chi connectivity index (χ4n) is 3.29. The molecule has 0 aliphatic heterocycles. The van der Waals surface area contributed by atoms with E-state index in [9.17, 15) is 19.3 Å². The molecule has 0 N–H and O–H groups in total. The second-order valence-electron chi connectivity index (χ2n) is 7.20. The molecule has 1 amide bonds. The Bertz CT molecular complexity index is 1070. The minimum Gasteiger partial charge on any atom is -0.345 e. The molecular formula is C24H24FN3O3. The number of non-ortho nitro benzene ring substituents is 1. The van der Waals surface area contributed by atoms with E-state index in [-0.39, 0.29) is 17.4 Å². The van der Waals surface area contributed by atoms with Crippen LogP contribution in [0.2, 0.25) is 0 Å². The van der Waals surface area contributed by atoms with Gasteiger partial charge in [-0.25, -0.2) is 4.39 Å². The van der Waals surface area contributed by atoms with Gasteiger partial charge < -0.3 is 9.47 Å². The van der Waals surface area contributed by atoms with Crippen LogP contribution in [0, 0.1) is 15.9 Å². The second kappa shape index (κ2) is 10.3. The highest BCUT2D eigenvalue weighted by atomic mass is 19.1. The van der Waals surface area contributed by atoms with Crippen molar-refractivity contribution in [3.63, 3.8) is 0 Å². The first-order valence-corrected chi connectivity index (χ1v) is 10.1. The lowest BCUT2D eigenvalue weighted by Crippen LogP contribution is -2.30. The molecule has 6 nitrogen and oxygen atoms in total. The Morgan fingerprint density at radius 3 is 2.61 bits per heavy atom. The number of amides is 1. The Hall–Kier alpha value is -3.74. The lowest BCUT2D eigenvalue weighted by molar-refractivity contribution is -0.384. The standard InChI is InChI=1S/C24H24FN3O3/c1-2-14-27(24(29)13-10-19-8-11-22(12-9-19)28(30)31)18-23-7-4-15-26(23)17-20-5-3-6-21(25)16-20/h3-13,15-16H,2,14,17-18H2,1H3/b13-10+. The predicted molar refractivity (Wildman–Crippen MR) is 118 cm³/mol. The van der Waals surface area contributed by atoms with E-state index in [1.807, 2.05) is 35.9 Å². The van der Waals surface area contributed by atoms with E-state index < -0.39 is 4.92 Å². The number of nitro groups is 1. The smallest absolute Gasteiger partial charge is 0.269 e. The highest BCUT2D eigenvalue weighted by Crippen LogP contribution is 2.15. The summed E-state index contributed by atoms with van der Waals surface area (Å²) in [6, 6.07) is 16.4. The van der Waals surface area contributed by atoms with Crippen molar-refractivity contribution in [1.82, 2.24) is 9.47 Å². The first-order valence-electron chi connectivity index (χ1n) is 10.1. The SMILES string of the molecule is CCCN(Cc1cccn1Cc1cccc(F)c1)C(=O)/C=C/c1ccc([N+](=O)[O-])cc1. The van der Waals surface area contributed by atoms with Crippen LogP contribution in [0.5, 0.6) is 0 Å². The number of aromatic nitrogens is 1. The van der Waals surface area contributed by atoms with Crippen molar-refractivity contribution in [3.05, 3.63) is 106 Å². The van der Waals surface area contributed by atoms with Crippen molar-refractivity contribution in [2.45, 2.75) is 26.4 Å². The van der Waals surface area contributed by atoms with Gasteiger partial charge in [0.25, 0.3) is 5.69 Å². The van der Waals surface area contributed by atoms with E-state index >= 15 is 0 Å². The Balaban J connectivity index is 1.70. The van der Waals surface area contributed by atoms with Crippen LogP contribution in [0.3, 0.4) is 0 Å². The van der Waals surface area contributed by atoms with Gasteiger partial charge in [-0.15, -0.1) is 0 Å². The van der Waals surface area contributed by atoms with Crippen molar-refractivity contribution in [1.29, 1.82) is 0 Å². The molecule has 3 aromatic rings. The van der Waals surface area contributed by atoms with Crippen LogP contribution in [-0.4, -0.2) is 26.8 Å². The fourth-order valence-corrected chi connectivity index (χ4v) is 3.29. The van der Waals surface area contributed by atoms with Crippen LogP contribution < -0.4 is 0 Å². The van der Waals surface area contributed by atoms with Gasteiger partial charge in [-0.05, 0) is 60.0 Å². The molecule has 3 rings (SSSR count). The molecule has 0 aliphatic carbocycles. The number of carbonyl (C=O) groups excluding carboxylic acids is 1. The molecule has 0 saturated carbocycles. The average molecular weight is 421 g/mol. The number of carbonyl (C=O) groups is 1. The average Bonchev–Trinajstić information content (AvgIpc) is 3.18. The zero-order chi connectivity index (χ0) is 22.2. The van der Waals surface area contributed by atoms with Crippen molar-refractivity contribution in [2.75, 3.05) is 6.54 Å². The highest BCUT2D eigenvalue weighted by Gasteiger charge is 2.13. The highest BCUT2D eigenvalue weighted by molar-refractivity contribution is 5.91. The topological polar surface area (TPSA) is 68.4 Å². The largest absolute Gasteiger partial charge is 0.345 e. The summed E-state index contributed by atoms with van der Waals surface area (Å²) in [5.74, 6) is -0.413. The monoisotopic (exact) mass is 421 g/mol. The molecule has 31 heavy (non-hydrogen) atoms. The lowest BCUT2D eigenvalue weighted by atomic mass is 10.2. The summed E-state index contributed by atoms with van der Waals surface area (Å²) in [4.78, 5) is 24.8. The van der Waals surface area contributed by atoms with Crippen LogP contribution in [0.15, 0.2) is 72.9 Å². The predicted octanol–water partition coefficient (Wildman–Crippen LogP) is 5.04. The Kier molecular flexibility index (Phi) is 7.32. The van der Waals surface area contributed by atoms with E-state index in [1.54, 1.807) is 29.2 Å². The Morgan fingerprint density at radius 1 is 1.16 bits per heavy atom. The molecule has 0 unspecified atom stereocenters. The van der Waals surface area contributed by atoms with Gasteiger partial charge in [-0.3, -0.25) is 14.9 Å². The quantitative estimate of drug-likeness (QED) is 0.276. The minimum absolute atomic E-state index is 0.00939. The third-order valence-corrected chi connectivity index (χ3v) is 4.85. The molecule has 2 aromatic carbocycles. The molecule has 0 bridgehead atoms. The van der Waals surface area contributed by atoms with E-state index in [2.05, 4.69) is 0 Å². The van der Waals surface area contributed by atoms with Gasteiger partial charge in [0.2, 0.25) is 5.91 Å². The summed E-state index contributed by atoms with van der Waals surface area (Å²) in [5, 5.41) is 10.8. The Morgan fingerprint density at radius 2 is 1.94 bits per heavy atom. The summed E-state index contributed by atoms with van der Waals surface area (Å²) in [5.41, 5.74) is 2.53. The molecule has 1 aromatic heterocycles. The van der Waals surface area contributed by atoms with Crippen molar-refractivity contribution >= 4 is 17.7 Å². The van der Waals surface area contributed by atoms with Crippen molar-refractivity contribution < 1.29 is 14.1 Å². The zero-order valence-electron chi connectivity index (χ0n) is 17.3. The number of benzene rings is 2. The minimum atomic E-state index is -0.458. The van der Waals surface area contributed by atoms with Crippen LogP contribution in [0.4, 0.5) is 10.1 Å². The Labute approximate surface area is 180 Å². The van der Waals surface area contributed by atoms with Crippen LogP contribution in [0.25, 0.3) is 6.08 Å². The van der Waals surface area contributed by atoms with E-state index in [4.69, 9.17) is 0 Å². The maximum atomic E-state index is 13.5. The molecule has 0 spiro atoms. The van der Waals surface area contributed by atoms with Crippen LogP contribution in [0.1, 0.15) is 30.2 Å². The molecule has 7 heteroatoms. The van der Waals surface area contributed by atoms with E-state index in [0.29, 0.717) is 25.2 Å². The summed E-state index contributed by atoms with van der Waals surface area (Å²) in [7, 11) is 0. The van der Waals surface area contributed by atoms with Crippen LogP contribution >= 0.6 is 0 Å².